The van der Waals surface area contributed by atoms with E-state index in [1.54, 1.807) is 0 Å². The highest BCUT2D eigenvalue weighted by atomic mass is 35.5. The maximum atomic E-state index is 5.67. The molecule has 0 aliphatic carbocycles. The number of hydrogen-bond donors (Lipinski definition) is 1. The second kappa shape index (κ2) is 5.95. The van der Waals surface area contributed by atoms with Gasteiger partial charge in [0, 0.05) is 25.5 Å². The molecule has 1 rings (SSSR count). The fraction of sp³-hybridized carbons (Fsp3) is 0.333. The lowest BCUT2D eigenvalue weighted by Crippen LogP contribution is -2.08. The highest BCUT2D eigenvalue weighted by Gasteiger charge is 1.96. The summed E-state index contributed by atoms with van der Waals surface area (Å²) in [4.78, 5) is 2.06. The number of halogens is 2. The maximum Gasteiger partial charge on any atom is 0.0365 e. The van der Waals surface area contributed by atoms with Gasteiger partial charge in [-0.15, -0.1) is 24.8 Å². The Morgan fingerprint density at radius 2 is 1.69 bits per heavy atom. The van der Waals surface area contributed by atoms with E-state index >= 15 is 0 Å². The van der Waals surface area contributed by atoms with Crippen molar-refractivity contribution in [2.45, 2.75) is 6.92 Å². The van der Waals surface area contributed by atoms with Gasteiger partial charge in [0.25, 0.3) is 0 Å². The first-order valence-electron chi connectivity index (χ1n) is 3.64. The highest BCUT2D eigenvalue weighted by molar-refractivity contribution is 5.85. The molecule has 2 N–H and O–H groups in total. The second-order valence-electron chi connectivity index (χ2n) is 2.94. The maximum absolute atomic E-state index is 5.67. The quantitative estimate of drug-likeness (QED) is 0.741. The molecule has 0 fully saturated rings. The summed E-state index contributed by atoms with van der Waals surface area (Å²) in [6, 6.07) is 6.03. The summed E-state index contributed by atoms with van der Waals surface area (Å²) in [6.45, 7) is 2.02. The molecule has 2 nitrogen and oxygen atoms in total. The molecule has 0 aromatic heterocycles. The summed E-state index contributed by atoms with van der Waals surface area (Å²) in [6.07, 6.45) is 0. The largest absolute Gasteiger partial charge is 0.399 e. The molecule has 76 valence electrons. The molecule has 1 aromatic rings. The monoisotopic (exact) mass is 222 g/mol. The van der Waals surface area contributed by atoms with Crippen molar-refractivity contribution in [3.05, 3.63) is 23.8 Å². The number of benzene rings is 1. The lowest BCUT2D eigenvalue weighted by Gasteiger charge is -2.13. The van der Waals surface area contributed by atoms with Gasteiger partial charge in [0.15, 0.2) is 0 Å². The molecule has 0 unspecified atom stereocenters. The molecule has 0 heterocycles. The molecule has 0 aliphatic rings. The van der Waals surface area contributed by atoms with Crippen molar-refractivity contribution in [2.24, 2.45) is 0 Å². The van der Waals surface area contributed by atoms with Gasteiger partial charge in [-0.05, 0) is 30.7 Å². The van der Waals surface area contributed by atoms with Crippen LogP contribution in [0.2, 0.25) is 0 Å². The molecule has 0 aliphatic heterocycles. The van der Waals surface area contributed by atoms with Crippen LogP contribution < -0.4 is 10.6 Å². The summed E-state index contributed by atoms with van der Waals surface area (Å²) in [5.74, 6) is 0. The fourth-order valence-corrected chi connectivity index (χ4v) is 0.938. The number of hydrogen-bond acceptors (Lipinski definition) is 2. The topological polar surface area (TPSA) is 29.3 Å². The number of nitrogens with zero attached hydrogens (tertiary/aromatic N) is 1. The van der Waals surface area contributed by atoms with E-state index in [0.717, 1.165) is 11.3 Å². The van der Waals surface area contributed by atoms with Crippen molar-refractivity contribution >= 4 is 36.2 Å². The van der Waals surface area contributed by atoms with Gasteiger partial charge in [-0.25, -0.2) is 0 Å². The van der Waals surface area contributed by atoms with E-state index in [4.69, 9.17) is 5.73 Å². The van der Waals surface area contributed by atoms with Gasteiger partial charge in [-0.1, -0.05) is 0 Å². The molecular formula is C9H16Cl2N2. The van der Waals surface area contributed by atoms with Gasteiger partial charge in [0.2, 0.25) is 0 Å². The Bertz CT molecular complexity index is 262. The average Bonchev–Trinajstić information content (AvgIpc) is 1.94. The summed E-state index contributed by atoms with van der Waals surface area (Å²) in [7, 11) is 4.04. The second-order valence-corrected chi connectivity index (χ2v) is 2.94. The smallest absolute Gasteiger partial charge is 0.0365 e. The molecule has 1 aromatic carbocycles. The standard InChI is InChI=1S/C9H14N2.2ClH/c1-7-6-8(11(2)3)4-5-9(7)10;;/h4-6H,10H2,1-3H3;2*1H. The number of nitrogen functional groups attached to an aromatic ring is 1. The summed E-state index contributed by atoms with van der Waals surface area (Å²) >= 11 is 0. The van der Waals surface area contributed by atoms with Crippen LogP contribution >= 0.6 is 24.8 Å². The van der Waals surface area contributed by atoms with Gasteiger partial charge >= 0.3 is 0 Å². The SMILES string of the molecule is Cc1cc(N(C)C)ccc1N.Cl.Cl. The Balaban J connectivity index is 0. The number of rotatable bonds is 1. The van der Waals surface area contributed by atoms with Crippen LogP contribution in [0.4, 0.5) is 11.4 Å². The van der Waals surface area contributed by atoms with Crippen LogP contribution in [0.15, 0.2) is 18.2 Å². The summed E-state index contributed by atoms with van der Waals surface area (Å²) < 4.78 is 0. The van der Waals surface area contributed by atoms with E-state index in [9.17, 15) is 0 Å². The van der Waals surface area contributed by atoms with Crippen molar-refractivity contribution in [3.63, 3.8) is 0 Å². The van der Waals surface area contributed by atoms with Crippen molar-refractivity contribution < 1.29 is 0 Å². The van der Waals surface area contributed by atoms with Crippen LogP contribution in [0.5, 0.6) is 0 Å². The molecular weight excluding hydrogens is 207 g/mol. The lowest BCUT2D eigenvalue weighted by atomic mass is 10.2. The van der Waals surface area contributed by atoms with E-state index in [2.05, 4.69) is 11.0 Å². The molecule has 0 atom stereocenters. The van der Waals surface area contributed by atoms with Crippen molar-refractivity contribution in [1.82, 2.24) is 0 Å². The van der Waals surface area contributed by atoms with Gasteiger partial charge in [-0.2, -0.15) is 0 Å². The minimum Gasteiger partial charge on any atom is -0.399 e. The Morgan fingerprint density at radius 3 is 2.08 bits per heavy atom. The van der Waals surface area contributed by atoms with Crippen LogP contribution in [0, 0.1) is 6.92 Å². The molecule has 0 saturated heterocycles. The zero-order valence-electron chi connectivity index (χ0n) is 8.07. The number of nitrogens with two attached hydrogens (primary N) is 1. The molecule has 0 amide bonds. The lowest BCUT2D eigenvalue weighted by molar-refractivity contribution is 1.13. The Hall–Kier alpha value is -0.600. The van der Waals surface area contributed by atoms with Crippen LogP contribution in [-0.4, -0.2) is 14.1 Å². The first-order chi connectivity index (χ1) is 5.11. The van der Waals surface area contributed by atoms with Crippen molar-refractivity contribution in [3.8, 4) is 0 Å². The Labute approximate surface area is 91.9 Å². The molecule has 0 bridgehead atoms. The Morgan fingerprint density at radius 1 is 1.15 bits per heavy atom. The predicted octanol–water partition coefficient (Wildman–Crippen LogP) is 2.49. The predicted molar refractivity (Wildman–Crippen MR) is 64.4 cm³/mol. The third kappa shape index (κ3) is 3.75. The molecule has 13 heavy (non-hydrogen) atoms. The van der Waals surface area contributed by atoms with E-state index in [1.807, 2.05) is 33.2 Å². The number of aryl methyl sites for hydroxylation is 1. The first kappa shape index (κ1) is 14.9. The average molecular weight is 223 g/mol. The van der Waals surface area contributed by atoms with Crippen LogP contribution in [0.3, 0.4) is 0 Å². The zero-order valence-corrected chi connectivity index (χ0v) is 9.71. The van der Waals surface area contributed by atoms with Gasteiger partial charge in [-0.3, -0.25) is 0 Å². The molecule has 0 saturated carbocycles. The van der Waals surface area contributed by atoms with E-state index in [1.165, 1.54) is 5.69 Å². The van der Waals surface area contributed by atoms with E-state index in [0.29, 0.717) is 0 Å². The molecule has 0 radical (unpaired) electrons. The minimum absolute atomic E-state index is 0. The van der Waals surface area contributed by atoms with Crippen LogP contribution in [-0.2, 0) is 0 Å². The van der Waals surface area contributed by atoms with Gasteiger partial charge < -0.3 is 10.6 Å². The van der Waals surface area contributed by atoms with Gasteiger partial charge in [0.1, 0.15) is 0 Å². The fourth-order valence-electron chi connectivity index (χ4n) is 0.938. The first-order valence-corrected chi connectivity index (χ1v) is 3.64. The van der Waals surface area contributed by atoms with Crippen molar-refractivity contribution in [2.75, 3.05) is 24.7 Å². The molecule has 0 spiro atoms. The van der Waals surface area contributed by atoms with Crippen LogP contribution in [0.25, 0.3) is 0 Å². The van der Waals surface area contributed by atoms with Crippen LogP contribution in [0.1, 0.15) is 5.56 Å². The summed E-state index contributed by atoms with van der Waals surface area (Å²) in [5, 5.41) is 0. The normalized spacial score (nSPS) is 8.23. The third-order valence-electron chi connectivity index (χ3n) is 1.77. The van der Waals surface area contributed by atoms with E-state index < -0.39 is 0 Å². The van der Waals surface area contributed by atoms with Crippen molar-refractivity contribution in [1.29, 1.82) is 0 Å². The highest BCUT2D eigenvalue weighted by Crippen LogP contribution is 2.18. The number of anilines is 2. The minimum atomic E-state index is 0. The van der Waals surface area contributed by atoms with Gasteiger partial charge in [0.05, 0.1) is 0 Å². The Kier molecular flexibility index (Phi) is 6.82. The third-order valence-corrected chi connectivity index (χ3v) is 1.77. The summed E-state index contributed by atoms with van der Waals surface area (Å²) in [5.41, 5.74) is 8.85. The zero-order chi connectivity index (χ0) is 8.43. The van der Waals surface area contributed by atoms with E-state index in [-0.39, 0.29) is 24.8 Å². The molecule has 4 heteroatoms.